The van der Waals surface area contributed by atoms with E-state index in [9.17, 15) is 0 Å². The summed E-state index contributed by atoms with van der Waals surface area (Å²) >= 11 is 0. The SMILES string of the molecule is COc1ccc(-c2cccnc2-c2ccc(OC)cc2)cc1. The summed E-state index contributed by atoms with van der Waals surface area (Å²) in [7, 11) is 3.33. The molecule has 3 nitrogen and oxygen atoms in total. The van der Waals surface area contributed by atoms with E-state index >= 15 is 0 Å². The lowest BCUT2D eigenvalue weighted by Gasteiger charge is -2.10. The highest BCUT2D eigenvalue weighted by atomic mass is 16.5. The second kappa shape index (κ2) is 6.31. The highest BCUT2D eigenvalue weighted by molar-refractivity contribution is 5.80. The van der Waals surface area contributed by atoms with Gasteiger partial charge in [0.25, 0.3) is 0 Å². The van der Waals surface area contributed by atoms with Crippen LogP contribution in [0.4, 0.5) is 0 Å². The fraction of sp³-hybridized carbons (Fsp3) is 0.105. The molecule has 0 amide bonds. The van der Waals surface area contributed by atoms with Crippen LogP contribution in [0.3, 0.4) is 0 Å². The van der Waals surface area contributed by atoms with E-state index in [1.807, 2.05) is 60.8 Å². The van der Waals surface area contributed by atoms with Gasteiger partial charge >= 0.3 is 0 Å². The first-order valence-electron chi connectivity index (χ1n) is 7.05. The summed E-state index contributed by atoms with van der Waals surface area (Å²) in [4.78, 5) is 4.55. The zero-order chi connectivity index (χ0) is 15.4. The molecular weight excluding hydrogens is 274 g/mol. The predicted octanol–water partition coefficient (Wildman–Crippen LogP) is 4.43. The smallest absolute Gasteiger partial charge is 0.118 e. The Hall–Kier alpha value is -2.81. The molecule has 0 unspecified atom stereocenters. The Morgan fingerprint density at radius 3 is 1.77 bits per heavy atom. The second-order valence-corrected chi connectivity index (χ2v) is 4.86. The number of methoxy groups -OCH3 is 2. The van der Waals surface area contributed by atoms with Crippen molar-refractivity contribution in [3.05, 3.63) is 66.9 Å². The first kappa shape index (κ1) is 14.1. The molecule has 1 heterocycles. The van der Waals surface area contributed by atoms with Gasteiger partial charge in [-0.15, -0.1) is 0 Å². The topological polar surface area (TPSA) is 31.4 Å². The van der Waals surface area contributed by atoms with E-state index < -0.39 is 0 Å². The summed E-state index contributed by atoms with van der Waals surface area (Å²) in [5.41, 5.74) is 4.22. The molecule has 0 saturated carbocycles. The number of benzene rings is 2. The van der Waals surface area contributed by atoms with Crippen LogP contribution in [0, 0.1) is 0 Å². The van der Waals surface area contributed by atoms with Crippen LogP contribution in [0.2, 0.25) is 0 Å². The van der Waals surface area contributed by atoms with Gasteiger partial charge in [-0.05, 0) is 48.0 Å². The van der Waals surface area contributed by atoms with Crippen LogP contribution in [0.25, 0.3) is 22.4 Å². The van der Waals surface area contributed by atoms with E-state index in [0.29, 0.717) is 0 Å². The van der Waals surface area contributed by atoms with Crippen molar-refractivity contribution < 1.29 is 9.47 Å². The molecule has 0 aliphatic heterocycles. The van der Waals surface area contributed by atoms with Crippen LogP contribution in [-0.2, 0) is 0 Å². The maximum Gasteiger partial charge on any atom is 0.118 e. The number of hydrogen-bond donors (Lipinski definition) is 0. The molecule has 3 aromatic rings. The molecule has 3 heteroatoms. The van der Waals surface area contributed by atoms with E-state index in [4.69, 9.17) is 9.47 Å². The highest BCUT2D eigenvalue weighted by Crippen LogP contribution is 2.31. The Labute approximate surface area is 130 Å². The number of ether oxygens (including phenoxy) is 2. The molecule has 0 N–H and O–H groups in total. The fourth-order valence-corrected chi connectivity index (χ4v) is 2.39. The molecule has 110 valence electrons. The molecule has 0 saturated heterocycles. The van der Waals surface area contributed by atoms with Crippen LogP contribution in [0.1, 0.15) is 0 Å². The van der Waals surface area contributed by atoms with Crippen LogP contribution >= 0.6 is 0 Å². The van der Waals surface area contributed by atoms with Crippen molar-refractivity contribution in [3.63, 3.8) is 0 Å². The molecule has 0 atom stereocenters. The molecule has 0 spiro atoms. The van der Waals surface area contributed by atoms with E-state index in [1.54, 1.807) is 14.2 Å². The van der Waals surface area contributed by atoms with Crippen molar-refractivity contribution in [1.29, 1.82) is 0 Å². The van der Waals surface area contributed by atoms with Gasteiger partial charge in [0.05, 0.1) is 19.9 Å². The lowest BCUT2D eigenvalue weighted by Crippen LogP contribution is -1.90. The molecule has 0 aliphatic rings. The molecule has 1 aromatic heterocycles. The van der Waals surface area contributed by atoms with Crippen molar-refractivity contribution in [3.8, 4) is 33.9 Å². The Bertz CT molecular complexity index is 683. The normalized spacial score (nSPS) is 10.3. The number of aromatic nitrogens is 1. The van der Waals surface area contributed by atoms with Gasteiger partial charge in [-0.25, -0.2) is 0 Å². The minimum absolute atomic E-state index is 0.839. The number of rotatable bonds is 4. The van der Waals surface area contributed by atoms with Crippen LogP contribution < -0.4 is 9.47 Å². The minimum atomic E-state index is 0.839. The first-order chi connectivity index (χ1) is 10.8. The molecule has 22 heavy (non-hydrogen) atoms. The van der Waals surface area contributed by atoms with E-state index in [1.165, 1.54) is 0 Å². The monoisotopic (exact) mass is 291 g/mol. The van der Waals surface area contributed by atoms with Crippen molar-refractivity contribution in [2.75, 3.05) is 14.2 Å². The summed E-state index contributed by atoms with van der Waals surface area (Å²) in [6, 6.07) is 20.0. The van der Waals surface area contributed by atoms with Gasteiger partial charge in [0, 0.05) is 17.3 Å². The van der Waals surface area contributed by atoms with Gasteiger partial charge < -0.3 is 9.47 Å². The average Bonchev–Trinajstić information content (AvgIpc) is 2.62. The van der Waals surface area contributed by atoms with Crippen molar-refractivity contribution in [2.45, 2.75) is 0 Å². The largest absolute Gasteiger partial charge is 0.497 e. The lowest BCUT2D eigenvalue weighted by atomic mass is 9.99. The molecular formula is C19H17NO2. The third-order valence-electron chi connectivity index (χ3n) is 3.57. The molecule has 0 aliphatic carbocycles. The van der Waals surface area contributed by atoms with Gasteiger partial charge in [-0.2, -0.15) is 0 Å². The van der Waals surface area contributed by atoms with Crippen molar-refractivity contribution in [1.82, 2.24) is 4.98 Å². The Kier molecular flexibility index (Phi) is 4.05. The third-order valence-corrected chi connectivity index (χ3v) is 3.57. The Morgan fingerprint density at radius 2 is 1.23 bits per heavy atom. The second-order valence-electron chi connectivity index (χ2n) is 4.86. The summed E-state index contributed by atoms with van der Waals surface area (Å²) in [6.45, 7) is 0. The zero-order valence-corrected chi connectivity index (χ0v) is 12.6. The number of pyridine rings is 1. The van der Waals surface area contributed by atoms with Crippen LogP contribution in [-0.4, -0.2) is 19.2 Å². The zero-order valence-electron chi connectivity index (χ0n) is 12.6. The van der Waals surface area contributed by atoms with Crippen molar-refractivity contribution in [2.24, 2.45) is 0 Å². The Balaban J connectivity index is 2.04. The van der Waals surface area contributed by atoms with E-state index in [-0.39, 0.29) is 0 Å². The maximum atomic E-state index is 5.22. The van der Waals surface area contributed by atoms with E-state index in [2.05, 4.69) is 11.1 Å². The summed E-state index contributed by atoms with van der Waals surface area (Å²) < 4.78 is 10.4. The number of hydrogen-bond acceptors (Lipinski definition) is 3. The van der Waals surface area contributed by atoms with Crippen molar-refractivity contribution >= 4 is 0 Å². The lowest BCUT2D eigenvalue weighted by molar-refractivity contribution is 0.414. The van der Waals surface area contributed by atoms with Gasteiger partial charge in [-0.1, -0.05) is 18.2 Å². The maximum absolute atomic E-state index is 5.22. The van der Waals surface area contributed by atoms with Gasteiger partial charge in [0.15, 0.2) is 0 Å². The fourth-order valence-electron chi connectivity index (χ4n) is 2.39. The quantitative estimate of drug-likeness (QED) is 0.712. The molecule has 0 bridgehead atoms. The molecule has 2 aromatic carbocycles. The predicted molar refractivity (Wildman–Crippen MR) is 88.2 cm³/mol. The summed E-state index contributed by atoms with van der Waals surface area (Å²) in [5, 5.41) is 0. The Morgan fingerprint density at radius 1 is 0.682 bits per heavy atom. The first-order valence-corrected chi connectivity index (χ1v) is 7.05. The standard InChI is InChI=1S/C19H17NO2/c1-21-16-9-5-14(6-10-16)18-4-3-13-20-19(18)15-7-11-17(22-2)12-8-15/h3-13H,1-2H3. The van der Waals surface area contributed by atoms with Gasteiger partial charge in [0.2, 0.25) is 0 Å². The highest BCUT2D eigenvalue weighted by Gasteiger charge is 2.08. The third kappa shape index (κ3) is 2.79. The van der Waals surface area contributed by atoms with Crippen LogP contribution in [0.15, 0.2) is 66.9 Å². The average molecular weight is 291 g/mol. The van der Waals surface area contributed by atoms with E-state index in [0.717, 1.165) is 33.9 Å². The minimum Gasteiger partial charge on any atom is -0.497 e. The molecule has 3 rings (SSSR count). The van der Waals surface area contributed by atoms with Gasteiger partial charge in [-0.3, -0.25) is 4.98 Å². The van der Waals surface area contributed by atoms with Crippen LogP contribution in [0.5, 0.6) is 11.5 Å². The molecule has 0 fully saturated rings. The number of nitrogens with zero attached hydrogens (tertiary/aromatic N) is 1. The summed E-state index contributed by atoms with van der Waals surface area (Å²) in [6.07, 6.45) is 1.81. The summed E-state index contributed by atoms with van der Waals surface area (Å²) in [5.74, 6) is 1.68. The van der Waals surface area contributed by atoms with Gasteiger partial charge in [0.1, 0.15) is 11.5 Å². The molecule has 0 radical (unpaired) electrons.